The van der Waals surface area contributed by atoms with Crippen molar-refractivity contribution in [2.24, 2.45) is 0 Å². The van der Waals surface area contributed by atoms with E-state index in [2.05, 4.69) is 16.9 Å². The van der Waals surface area contributed by atoms with E-state index in [4.69, 9.17) is 4.74 Å². The Labute approximate surface area is 137 Å². The Hall–Kier alpha value is -2.29. The van der Waals surface area contributed by atoms with E-state index in [0.717, 1.165) is 17.8 Å². The Morgan fingerprint density at radius 3 is 2.87 bits per heavy atom. The molecule has 0 N–H and O–H groups in total. The second kappa shape index (κ2) is 7.32. The number of hydrogen-bond acceptors (Lipinski definition) is 7. The fourth-order valence-corrected chi connectivity index (χ4v) is 3.20. The van der Waals surface area contributed by atoms with Gasteiger partial charge < -0.3 is 14.9 Å². The second-order valence-electron chi connectivity index (χ2n) is 4.98. The number of carbonyl (C=O) groups excluding carboxylic acids is 1. The van der Waals surface area contributed by atoms with Crippen molar-refractivity contribution in [3.05, 3.63) is 37.7 Å². The van der Waals surface area contributed by atoms with Gasteiger partial charge in [-0.2, -0.15) is 0 Å². The van der Waals surface area contributed by atoms with Crippen molar-refractivity contribution in [3.63, 3.8) is 0 Å². The molecule has 0 atom stereocenters. The maximum absolute atomic E-state index is 12.1. The Kier molecular flexibility index (Phi) is 5.43. The summed E-state index contributed by atoms with van der Waals surface area (Å²) in [6, 6.07) is 0. The zero-order valence-electron chi connectivity index (χ0n) is 13.2. The summed E-state index contributed by atoms with van der Waals surface area (Å²) in [7, 11) is 0. The molecule has 2 heterocycles. The molecule has 0 amide bonds. The fraction of sp³-hybridized carbons (Fsp3) is 0.500. The van der Waals surface area contributed by atoms with Gasteiger partial charge in [-0.1, -0.05) is 6.92 Å². The number of rotatable bonds is 7. The monoisotopic (exact) mass is 338 g/mol. The molecule has 0 bridgehead atoms. The van der Waals surface area contributed by atoms with Gasteiger partial charge >= 0.3 is 11.8 Å². The van der Waals surface area contributed by atoms with Crippen LogP contribution >= 0.6 is 11.3 Å². The minimum Gasteiger partial charge on any atom is -0.457 e. The molecule has 8 nitrogen and oxygen atoms in total. The number of esters is 1. The van der Waals surface area contributed by atoms with Crippen molar-refractivity contribution in [2.75, 3.05) is 6.61 Å². The first-order valence-corrected chi connectivity index (χ1v) is 8.05. The molecule has 0 saturated heterocycles. The molecule has 0 aliphatic carbocycles. The summed E-state index contributed by atoms with van der Waals surface area (Å²) in [5.74, 6) is -0.0486. The molecule has 0 spiro atoms. The molecule has 23 heavy (non-hydrogen) atoms. The molecule has 0 saturated carbocycles. The molecule has 9 heteroatoms. The maximum Gasteiger partial charge on any atom is 0.350 e. The van der Waals surface area contributed by atoms with Crippen LogP contribution in [0.1, 0.15) is 39.5 Å². The molecule has 124 valence electrons. The van der Waals surface area contributed by atoms with E-state index in [-0.39, 0.29) is 19.0 Å². The van der Waals surface area contributed by atoms with E-state index in [1.165, 1.54) is 22.1 Å². The maximum atomic E-state index is 12.1. The van der Waals surface area contributed by atoms with E-state index in [1.54, 1.807) is 13.8 Å². The van der Waals surface area contributed by atoms with Gasteiger partial charge in [0.05, 0.1) is 10.7 Å². The normalized spacial score (nSPS) is 10.7. The molecule has 0 fully saturated rings. The molecule has 0 aliphatic heterocycles. The first kappa shape index (κ1) is 17.1. The summed E-state index contributed by atoms with van der Waals surface area (Å²) >= 11 is 1.34. The van der Waals surface area contributed by atoms with Crippen LogP contribution < -0.4 is 0 Å². The van der Waals surface area contributed by atoms with E-state index in [9.17, 15) is 14.9 Å². The molecule has 2 rings (SSSR count). The Morgan fingerprint density at radius 1 is 1.48 bits per heavy atom. The molecule has 0 radical (unpaired) electrons. The molecule has 2 aromatic heterocycles. The van der Waals surface area contributed by atoms with Gasteiger partial charge in [-0.3, -0.25) is 0 Å². The smallest absolute Gasteiger partial charge is 0.350 e. The van der Waals surface area contributed by atoms with Gasteiger partial charge in [-0.15, -0.1) is 11.3 Å². The molecule has 0 unspecified atom stereocenters. The lowest BCUT2D eigenvalue weighted by Crippen LogP contribution is -2.13. The van der Waals surface area contributed by atoms with Gasteiger partial charge in [-0.05, 0) is 24.7 Å². The van der Waals surface area contributed by atoms with Gasteiger partial charge in [0.1, 0.15) is 24.2 Å². The van der Waals surface area contributed by atoms with E-state index >= 15 is 0 Å². The number of aromatic nitrogens is 3. The Balaban J connectivity index is 1.98. The highest BCUT2D eigenvalue weighted by atomic mass is 32.1. The summed E-state index contributed by atoms with van der Waals surface area (Å²) in [6.07, 6.45) is 2.99. The zero-order valence-corrected chi connectivity index (χ0v) is 14.1. The van der Waals surface area contributed by atoms with Crippen LogP contribution in [0.4, 0.5) is 5.82 Å². The molecule has 0 aliphatic rings. The Morgan fingerprint density at radius 2 is 2.22 bits per heavy atom. The van der Waals surface area contributed by atoms with E-state index in [1.807, 2.05) is 0 Å². The number of nitro groups is 1. The van der Waals surface area contributed by atoms with Crippen molar-refractivity contribution >= 4 is 23.1 Å². The van der Waals surface area contributed by atoms with E-state index < -0.39 is 10.9 Å². The predicted molar refractivity (Wildman–Crippen MR) is 84.7 cm³/mol. The standard InChI is InChI=1S/C14H18N4O4S/c1-4-5-11-16-9(2)13(23-11)14(19)22-7-6-17-10(3)15-8-12(17)18(20)21/h8H,4-7H2,1-3H3. The first-order valence-electron chi connectivity index (χ1n) is 7.24. The zero-order chi connectivity index (χ0) is 17.0. The lowest BCUT2D eigenvalue weighted by atomic mass is 10.3. The number of nitrogens with zero attached hydrogens (tertiary/aromatic N) is 4. The highest BCUT2D eigenvalue weighted by Gasteiger charge is 2.19. The highest BCUT2D eigenvalue weighted by molar-refractivity contribution is 7.13. The molecular weight excluding hydrogens is 320 g/mol. The first-order chi connectivity index (χ1) is 10.9. The lowest BCUT2D eigenvalue weighted by Gasteiger charge is -2.04. The summed E-state index contributed by atoms with van der Waals surface area (Å²) in [6.45, 7) is 5.72. The van der Waals surface area contributed by atoms with Crippen molar-refractivity contribution in [2.45, 2.75) is 40.2 Å². The number of aryl methyl sites for hydroxylation is 3. The van der Waals surface area contributed by atoms with Crippen LogP contribution in [0.25, 0.3) is 0 Å². The number of ether oxygens (including phenoxy) is 1. The van der Waals surface area contributed by atoms with Crippen LogP contribution in [-0.2, 0) is 17.7 Å². The van der Waals surface area contributed by atoms with Crippen LogP contribution in [0.5, 0.6) is 0 Å². The van der Waals surface area contributed by atoms with E-state index in [0.29, 0.717) is 16.4 Å². The van der Waals surface area contributed by atoms with Crippen LogP contribution in [0.3, 0.4) is 0 Å². The summed E-state index contributed by atoms with van der Waals surface area (Å²) in [5.41, 5.74) is 0.660. The van der Waals surface area contributed by atoms with Gasteiger partial charge in [0, 0.05) is 6.92 Å². The topological polar surface area (TPSA) is 100 Å². The minimum absolute atomic E-state index is 0.0390. The summed E-state index contributed by atoms with van der Waals surface area (Å²) in [4.78, 5) is 31.2. The van der Waals surface area contributed by atoms with Crippen molar-refractivity contribution < 1.29 is 14.5 Å². The van der Waals surface area contributed by atoms with Crippen LogP contribution in [-0.4, -0.2) is 32.0 Å². The summed E-state index contributed by atoms with van der Waals surface area (Å²) in [5, 5.41) is 11.8. The predicted octanol–water partition coefficient (Wildman–Crippen LogP) is 2.67. The van der Waals surface area contributed by atoms with Gasteiger partial charge in [0.15, 0.2) is 5.82 Å². The number of imidazole rings is 1. The second-order valence-corrected chi connectivity index (χ2v) is 6.06. The average Bonchev–Trinajstić information content (AvgIpc) is 3.03. The van der Waals surface area contributed by atoms with Crippen molar-refractivity contribution in [1.29, 1.82) is 0 Å². The van der Waals surface area contributed by atoms with Crippen molar-refractivity contribution in [3.8, 4) is 0 Å². The van der Waals surface area contributed by atoms with Gasteiger partial charge in [0.2, 0.25) is 0 Å². The molecule has 0 aromatic carbocycles. The highest BCUT2D eigenvalue weighted by Crippen LogP contribution is 2.20. The lowest BCUT2D eigenvalue weighted by molar-refractivity contribution is -0.392. The number of hydrogen-bond donors (Lipinski definition) is 0. The Bertz CT molecular complexity index is 722. The number of thiazole rings is 1. The third-order valence-corrected chi connectivity index (χ3v) is 4.46. The fourth-order valence-electron chi connectivity index (χ4n) is 2.14. The van der Waals surface area contributed by atoms with Crippen LogP contribution in [0.15, 0.2) is 6.20 Å². The quantitative estimate of drug-likeness (QED) is 0.437. The number of carbonyl (C=O) groups is 1. The average molecular weight is 338 g/mol. The molecular formula is C14H18N4O4S. The largest absolute Gasteiger partial charge is 0.457 e. The van der Waals surface area contributed by atoms with Gasteiger partial charge in [0.25, 0.3) is 0 Å². The third-order valence-electron chi connectivity index (χ3n) is 3.26. The third kappa shape index (κ3) is 3.92. The van der Waals surface area contributed by atoms with Crippen LogP contribution in [0, 0.1) is 24.0 Å². The van der Waals surface area contributed by atoms with Crippen LogP contribution in [0.2, 0.25) is 0 Å². The summed E-state index contributed by atoms with van der Waals surface area (Å²) < 4.78 is 6.64. The SMILES string of the molecule is CCCc1nc(C)c(C(=O)OCCn2c([N+](=O)[O-])cnc2C)s1. The van der Waals surface area contributed by atoms with Gasteiger partial charge in [-0.25, -0.2) is 19.3 Å². The minimum atomic E-state index is -0.508. The molecule has 2 aromatic rings. The van der Waals surface area contributed by atoms with Crippen molar-refractivity contribution in [1.82, 2.24) is 14.5 Å².